The number of nitrogen functional groups attached to an aromatic ring is 1. The first-order valence-corrected chi connectivity index (χ1v) is 6.25. The number of hydrogen-bond donors (Lipinski definition) is 1. The summed E-state index contributed by atoms with van der Waals surface area (Å²) in [5.41, 5.74) is 8.12. The van der Waals surface area contributed by atoms with Crippen LogP contribution in [0.4, 0.5) is 5.69 Å². The predicted octanol–water partition coefficient (Wildman–Crippen LogP) is 2.50. The van der Waals surface area contributed by atoms with Crippen molar-refractivity contribution in [2.24, 2.45) is 0 Å². The van der Waals surface area contributed by atoms with Gasteiger partial charge in [0.05, 0.1) is 12.8 Å². The Kier molecular flexibility index (Phi) is 3.16. The SMILES string of the molecule is COc1ccccc1OCc1cn2cc(N)ccc2n1. The fraction of sp³-hybridized carbons (Fsp3) is 0.133. The molecule has 102 valence electrons. The largest absolute Gasteiger partial charge is 0.493 e. The van der Waals surface area contributed by atoms with E-state index in [1.807, 2.05) is 53.2 Å². The highest BCUT2D eigenvalue weighted by molar-refractivity contribution is 5.48. The van der Waals surface area contributed by atoms with Gasteiger partial charge in [0.15, 0.2) is 11.5 Å². The Labute approximate surface area is 116 Å². The maximum Gasteiger partial charge on any atom is 0.161 e. The van der Waals surface area contributed by atoms with E-state index in [9.17, 15) is 0 Å². The second-order valence-electron chi connectivity index (χ2n) is 4.40. The molecular formula is C15H15N3O2. The van der Waals surface area contributed by atoms with Gasteiger partial charge in [-0.25, -0.2) is 4.98 Å². The van der Waals surface area contributed by atoms with Crippen LogP contribution in [0.3, 0.4) is 0 Å². The van der Waals surface area contributed by atoms with Crippen molar-refractivity contribution in [1.82, 2.24) is 9.38 Å². The molecule has 20 heavy (non-hydrogen) atoms. The molecule has 1 aromatic carbocycles. The van der Waals surface area contributed by atoms with E-state index in [1.165, 1.54) is 0 Å². The summed E-state index contributed by atoms with van der Waals surface area (Å²) in [5.74, 6) is 1.41. The molecule has 0 atom stereocenters. The van der Waals surface area contributed by atoms with Gasteiger partial charge in [-0.05, 0) is 24.3 Å². The van der Waals surface area contributed by atoms with E-state index < -0.39 is 0 Å². The number of fused-ring (bicyclic) bond motifs is 1. The number of nitrogens with two attached hydrogens (primary N) is 1. The highest BCUT2D eigenvalue weighted by Crippen LogP contribution is 2.26. The van der Waals surface area contributed by atoms with Crippen LogP contribution in [0.2, 0.25) is 0 Å². The summed E-state index contributed by atoms with van der Waals surface area (Å²) >= 11 is 0. The Morgan fingerprint density at radius 2 is 1.90 bits per heavy atom. The fourth-order valence-corrected chi connectivity index (χ4v) is 2.02. The Bertz CT molecular complexity index is 737. The monoisotopic (exact) mass is 269 g/mol. The standard InChI is InChI=1S/C15H15N3O2/c1-19-13-4-2-3-5-14(13)20-10-12-9-18-8-11(16)6-7-15(18)17-12/h2-9H,10,16H2,1H3. The summed E-state index contributed by atoms with van der Waals surface area (Å²) in [6.07, 6.45) is 3.73. The molecule has 5 heteroatoms. The van der Waals surface area contributed by atoms with E-state index in [0.717, 1.165) is 11.3 Å². The van der Waals surface area contributed by atoms with Gasteiger partial charge in [-0.3, -0.25) is 0 Å². The van der Waals surface area contributed by atoms with Gasteiger partial charge in [0.2, 0.25) is 0 Å². The number of ether oxygens (including phenoxy) is 2. The molecule has 3 aromatic rings. The molecule has 0 unspecified atom stereocenters. The number of nitrogens with zero attached hydrogens (tertiary/aromatic N) is 2. The average molecular weight is 269 g/mol. The van der Waals surface area contributed by atoms with Crippen molar-refractivity contribution in [3.05, 3.63) is 54.5 Å². The molecule has 0 aliphatic rings. The van der Waals surface area contributed by atoms with Gasteiger partial charge < -0.3 is 19.6 Å². The minimum Gasteiger partial charge on any atom is -0.493 e. The zero-order valence-corrected chi connectivity index (χ0v) is 11.1. The van der Waals surface area contributed by atoms with Gasteiger partial charge in [-0.15, -0.1) is 0 Å². The highest BCUT2D eigenvalue weighted by atomic mass is 16.5. The van der Waals surface area contributed by atoms with Crippen LogP contribution in [0.5, 0.6) is 11.5 Å². The smallest absolute Gasteiger partial charge is 0.161 e. The van der Waals surface area contributed by atoms with Gasteiger partial charge in [-0.2, -0.15) is 0 Å². The Morgan fingerprint density at radius 1 is 1.10 bits per heavy atom. The van der Waals surface area contributed by atoms with Crippen LogP contribution in [0.15, 0.2) is 48.8 Å². The Hall–Kier alpha value is -2.69. The normalized spacial score (nSPS) is 10.7. The summed E-state index contributed by atoms with van der Waals surface area (Å²) in [7, 11) is 1.62. The summed E-state index contributed by atoms with van der Waals surface area (Å²) in [5, 5.41) is 0. The number of hydrogen-bond acceptors (Lipinski definition) is 4. The van der Waals surface area contributed by atoms with Crippen LogP contribution in [0.1, 0.15) is 5.69 Å². The zero-order chi connectivity index (χ0) is 13.9. The minimum atomic E-state index is 0.377. The van der Waals surface area contributed by atoms with E-state index in [4.69, 9.17) is 15.2 Å². The van der Waals surface area contributed by atoms with Crippen molar-refractivity contribution >= 4 is 11.3 Å². The Morgan fingerprint density at radius 3 is 2.70 bits per heavy atom. The molecule has 2 heterocycles. The molecular weight excluding hydrogens is 254 g/mol. The second-order valence-corrected chi connectivity index (χ2v) is 4.40. The third-order valence-corrected chi connectivity index (χ3v) is 2.97. The number of methoxy groups -OCH3 is 1. The molecule has 0 saturated heterocycles. The van der Waals surface area contributed by atoms with Crippen LogP contribution in [-0.2, 0) is 6.61 Å². The number of rotatable bonds is 4. The van der Waals surface area contributed by atoms with E-state index >= 15 is 0 Å². The van der Waals surface area contributed by atoms with Crippen LogP contribution in [-0.4, -0.2) is 16.5 Å². The maximum atomic E-state index is 5.74. The third-order valence-electron chi connectivity index (χ3n) is 2.97. The Balaban J connectivity index is 1.79. The van der Waals surface area contributed by atoms with E-state index in [-0.39, 0.29) is 0 Å². The molecule has 0 spiro atoms. The predicted molar refractivity (Wildman–Crippen MR) is 76.9 cm³/mol. The topological polar surface area (TPSA) is 61.8 Å². The van der Waals surface area contributed by atoms with Gasteiger partial charge in [0, 0.05) is 18.1 Å². The zero-order valence-electron chi connectivity index (χ0n) is 11.1. The van der Waals surface area contributed by atoms with Crippen molar-refractivity contribution in [3.63, 3.8) is 0 Å². The number of aromatic nitrogens is 2. The lowest BCUT2D eigenvalue weighted by molar-refractivity contribution is 0.281. The van der Waals surface area contributed by atoms with Crippen molar-refractivity contribution < 1.29 is 9.47 Å². The van der Waals surface area contributed by atoms with Gasteiger partial charge in [0.1, 0.15) is 12.3 Å². The van der Waals surface area contributed by atoms with E-state index in [1.54, 1.807) is 7.11 Å². The number of pyridine rings is 1. The average Bonchev–Trinajstić information content (AvgIpc) is 2.87. The molecule has 2 aromatic heterocycles. The summed E-state index contributed by atoms with van der Waals surface area (Å²) in [6.45, 7) is 0.377. The van der Waals surface area contributed by atoms with Crippen molar-refractivity contribution in [2.75, 3.05) is 12.8 Å². The van der Waals surface area contributed by atoms with Crippen LogP contribution < -0.4 is 15.2 Å². The van der Waals surface area contributed by atoms with Crippen LogP contribution in [0, 0.1) is 0 Å². The van der Waals surface area contributed by atoms with E-state index in [0.29, 0.717) is 23.8 Å². The molecule has 0 aliphatic carbocycles. The maximum absolute atomic E-state index is 5.74. The number of para-hydroxylation sites is 2. The first-order valence-electron chi connectivity index (χ1n) is 6.25. The molecule has 2 N–H and O–H groups in total. The molecule has 0 amide bonds. The van der Waals surface area contributed by atoms with Crippen molar-refractivity contribution in [3.8, 4) is 11.5 Å². The minimum absolute atomic E-state index is 0.377. The number of anilines is 1. The number of imidazole rings is 1. The third kappa shape index (κ3) is 2.38. The van der Waals surface area contributed by atoms with Crippen LogP contribution in [0.25, 0.3) is 5.65 Å². The van der Waals surface area contributed by atoms with Crippen molar-refractivity contribution in [2.45, 2.75) is 6.61 Å². The first-order chi connectivity index (χ1) is 9.76. The van der Waals surface area contributed by atoms with E-state index in [2.05, 4.69) is 4.98 Å². The lowest BCUT2D eigenvalue weighted by Crippen LogP contribution is -1.97. The molecule has 0 aliphatic heterocycles. The molecule has 0 saturated carbocycles. The summed E-state index contributed by atoms with van der Waals surface area (Å²) in [6, 6.07) is 11.2. The molecule has 3 rings (SSSR count). The molecule has 0 radical (unpaired) electrons. The van der Waals surface area contributed by atoms with Gasteiger partial charge in [-0.1, -0.05) is 12.1 Å². The van der Waals surface area contributed by atoms with Crippen LogP contribution >= 0.6 is 0 Å². The summed E-state index contributed by atoms with van der Waals surface area (Å²) in [4.78, 5) is 4.47. The summed E-state index contributed by atoms with van der Waals surface area (Å²) < 4.78 is 12.9. The second kappa shape index (κ2) is 5.13. The fourth-order valence-electron chi connectivity index (χ4n) is 2.02. The molecule has 0 bridgehead atoms. The lowest BCUT2D eigenvalue weighted by Gasteiger charge is -2.08. The lowest BCUT2D eigenvalue weighted by atomic mass is 10.3. The van der Waals surface area contributed by atoms with Crippen molar-refractivity contribution in [1.29, 1.82) is 0 Å². The quantitative estimate of drug-likeness (QED) is 0.790. The first kappa shape index (κ1) is 12.3. The van der Waals surface area contributed by atoms with Gasteiger partial charge in [0.25, 0.3) is 0 Å². The molecule has 0 fully saturated rings. The highest BCUT2D eigenvalue weighted by Gasteiger charge is 2.06. The van der Waals surface area contributed by atoms with Gasteiger partial charge >= 0.3 is 0 Å². The number of benzene rings is 1. The molecule has 5 nitrogen and oxygen atoms in total.